The second kappa shape index (κ2) is 10.3. The number of amides is 1. The summed E-state index contributed by atoms with van der Waals surface area (Å²) < 4.78 is 5.61. The quantitative estimate of drug-likeness (QED) is 0.486. The Labute approximate surface area is 204 Å². The van der Waals surface area contributed by atoms with E-state index in [-0.39, 0.29) is 5.91 Å². The van der Waals surface area contributed by atoms with Crippen LogP contribution in [0.1, 0.15) is 45.8 Å². The zero-order chi connectivity index (χ0) is 24.2. The molecule has 0 spiro atoms. The second-order valence-electron chi connectivity index (χ2n) is 8.73. The van der Waals surface area contributed by atoms with Crippen LogP contribution in [0, 0.1) is 13.8 Å². The molecule has 0 fully saturated rings. The molecule has 3 aromatic carbocycles. The first-order chi connectivity index (χ1) is 16.3. The van der Waals surface area contributed by atoms with E-state index in [1.807, 2.05) is 23.1 Å². The maximum Gasteiger partial charge on any atom is 0.341 e. The number of nitrogens with zero attached hydrogens (tertiary/aromatic N) is 1. The average molecular weight is 478 g/mol. The lowest BCUT2D eigenvalue weighted by atomic mass is 9.87. The molecule has 1 amide bonds. The van der Waals surface area contributed by atoms with Gasteiger partial charge in [-0.15, -0.1) is 0 Å². The number of hydrogen-bond donors (Lipinski definition) is 1. The van der Waals surface area contributed by atoms with Crippen LogP contribution in [0.5, 0.6) is 5.75 Å². The number of benzene rings is 3. The van der Waals surface area contributed by atoms with Gasteiger partial charge in [0, 0.05) is 23.6 Å². The molecule has 0 radical (unpaired) electrons. The first-order valence-corrected chi connectivity index (χ1v) is 11.8. The molecular formula is C28H28ClNO4. The largest absolute Gasteiger partial charge is 0.482 e. The Morgan fingerprint density at radius 1 is 1.06 bits per heavy atom. The fraction of sp³-hybridized carbons (Fsp3) is 0.286. The van der Waals surface area contributed by atoms with Gasteiger partial charge in [-0.1, -0.05) is 59.6 Å². The molecule has 5 nitrogen and oxygen atoms in total. The number of carbonyl (C=O) groups is 2. The number of carboxylic acid groups (broad SMARTS) is 1. The number of carbonyl (C=O) groups excluding carboxylic acids is 1. The van der Waals surface area contributed by atoms with Crippen molar-refractivity contribution in [3.05, 3.63) is 99.1 Å². The zero-order valence-electron chi connectivity index (χ0n) is 19.4. The SMILES string of the molecule is Cc1ccc(CCC(=O)N2CCc3ccccc3C2c2cc(Cl)ccc2OCC(=O)O)c(C)c1. The highest BCUT2D eigenvalue weighted by Gasteiger charge is 2.33. The Kier molecular flexibility index (Phi) is 7.23. The van der Waals surface area contributed by atoms with Gasteiger partial charge in [0.25, 0.3) is 0 Å². The predicted octanol–water partition coefficient (Wildman–Crippen LogP) is 5.53. The lowest BCUT2D eigenvalue weighted by Gasteiger charge is -2.38. The third kappa shape index (κ3) is 5.26. The van der Waals surface area contributed by atoms with E-state index in [9.17, 15) is 9.59 Å². The minimum absolute atomic E-state index is 0.0450. The van der Waals surface area contributed by atoms with Crippen molar-refractivity contribution in [2.24, 2.45) is 0 Å². The highest BCUT2D eigenvalue weighted by atomic mass is 35.5. The Morgan fingerprint density at radius 2 is 1.85 bits per heavy atom. The van der Waals surface area contributed by atoms with E-state index in [2.05, 4.69) is 38.1 Å². The zero-order valence-corrected chi connectivity index (χ0v) is 20.1. The van der Waals surface area contributed by atoms with E-state index >= 15 is 0 Å². The molecule has 0 saturated carbocycles. The lowest BCUT2D eigenvalue weighted by molar-refractivity contribution is -0.139. The number of fused-ring (bicyclic) bond motifs is 1. The van der Waals surface area contributed by atoms with Crippen molar-refractivity contribution in [1.82, 2.24) is 4.90 Å². The summed E-state index contributed by atoms with van der Waals surface area (Å²) in [5, 5.41) is 9.63. The maximum absolute atomic E-state index is 13.6. The van der Waals surface area contributed by atoms with E-state index < -0.39 is 18.6 Å². The van der Waals surface area contributed by atoms with Crippen LogP contribution < -0.4 is 4.74 Å². The summed E-state index contributed by atoms with van der Waals surface area (Å²) >= 11 is 6.35. The van der Waals surface area contributed by atoms with Crippen LogP contribution in [0.4, 0.5) is 0 Å². The number of halogens is 1. The topological polar surface area (TPSA) is 66.8 Å². The lowest BCUT2D eigenvalue weighted by Crippen LogP contribution is -2.41. The molecule has 0 bridgehead atoms. The highest BCUT2D eigenvalue weighted by molar-refractivity contribution is 6.30. The minimum Gasteiger partial charge on any atom is -0.482 e. The highest BCUT2D eigenvalue weighted by Crippen LogP contribution is 2.40. The van der Waals surface area contributed by atoms with Gasteiger partial charge in [-0.05, 0) is 67.1 Å². The van der Waals surface area contributed by atoms with Gasteiger partial charge in [-0.2, -0.15) is 0 Å². The molecule has 1 aliphatic rings. The van der Waals surface area contributed by atoms with Crippen LogP contribution in [-0.4, -0.2) is 35.0 Å². The Bertz CT molecular complexity index is 1220. The number of hydrogen-bond acceptors (Lipinski definition) is 3. The van der Waals surface area contributed by atoms with Gasteiger partial charge in [0.2, 0.25) is 5.91 Å². The smallest absolute Gasteiger partial charge is 0.341 e. The summed E-state index contributed by atoms with van der Waals surface area (Å²) in [5.41, 5.74) is 6.43. The van der Waals surface area contributed by atoms with Crippen molar-refractivity contribution in [2.45, 2.75) is 39.2 Å². The molecular weight excluding hydrogens is 450 g/mol. The predicted molar refractivity (Wildman–Crippen MR) is 133 cm³/mol. The Balaban J connectivity index is 1.68. The summed E-state index contributed by atoms with van der Waals surface area (Å²) in [6.07, 6.45) is 1.80. The van der Waals surface area contributed by atoms with Gasteiger partial charge < -0.3 is 14.7 Å². The molecule has 0 aromatic heterocycles. The van der Waals surface area contributed by atoms with Crippen LogP contribution in [0.25, 0.3) is 0 Å². The van der Waals surface area contributed by atoms with E-state index in [1.54, 1.807) is 18.2 Å². The number of aliphatic carboxylic acids is 1. The summed E-state index contributed by atoms with van der Waals surface area (Å²) in [7, 11) is 0. The second-order valence-corrected chi connectivity index (χ2v) is 9.17. The van der Waals surface area contributed by atoms with Gasteiger partial charge in [-0.3, -0.25) is 4.79 Å². The first kappa shape index (κ1) is 23.8. The van der Waals surface area contributed by atoms with Gasteiger partial charge in [-0.25, -0.2) is 4.79 Å². The molecule has 4 rings (SSSR count). The molecule has 34 heavy (non-hydrogen) atoms. The van der Waals surface area contributed by atoms with Crippen molar-refractivity contribution in [1.29, 1.82) is 0 Å². The van der Waals surface area contributed by atoms with Crippen LogP contribution >= 0.6 is 11.6 Å². The molecule has 1 N–H and O–H groups in total. The van der Waals surface area contributed by atoms with Crippen molar-refractivity contribution < 1.29 is 19.4 Å². The van der Waals surface area contributed by atoms with Gasteiger partial charge in [0.15, 0.2) is 6.61 Å². The van der Waals surface area contributed by atoms with Gasteiger partial charge in [0.05, 0.1) is 6.04 Å². The fourth-order valence-electron chi connectivity index (χ4n) is 4.69. The van der Waals surface area contributed by atoms with E-state index in [4.69, 9.17) is 21.4 Å². The fourth-order valence-corrected chi connectivity index (χ4v) is 4.87. The minimum atomic E-state index is -1.06. The Morgan fingerprint density at radius 3 is 2.62 bits per heavy atom. The van der Waals surface area contributed by atoms with Gasteiger partial charge in [0.1, 0.15) is 5.75 Å². The van der Waals surface area contributed by atoms with Crippen LogP contribution in [0.15, 0.2) is 60.7 Å². The molecule has 1 aliphatic heterocycles. The summed E-state index contributed by atoms with van der Waals surface area (Å²) in [5.74, 6) is -0.601. The van der Waals surface area contributed by atoms with E-state index in [0.717, 1.165) is 17.5 Å². The van der Waals surface area contributed by atoms with E-state index in [1.165, 1.54) is 16.7 Å². The van der Waals surface area contributed by atoms with Crippen molar-refractivity contribution in [2.75, 3.05) is 13.2 Å². The summed E-state index contributed by atoms with van der Waals surface area (Å²) in [6.45, 7) is 4.24. The van der Waals surface area contributed by atoms with Crippen molar-refractivity contribution in [3.63, 3.8) is 0 Å². The van der Waals surface area contributed by atoms with Crippen molar-refractivity contribution in [3.8, 4) is 5.75 Å². The standard InChI is InChI=1S/C28H28ClNO4/c1-18-7-8-20(19(2)15-18)9-12-26(31)30-14-13-21-5-3-4-6-23(21)28(30)24-16-22(29)10-11-25(24)34-17-27(32)33/h3-8,10-11,15-16,28H,9,12-14,17H2,1-2H3,(H,32,33). The first-order valence-electron chi connectivity index (χ1n) is 11.4. The molecule has 1 heterocycles. The Hall–Kier alpha value is -3.31. The molecule has 3 aromatic rings. The molecule has 1 atom stereocenters. The molecule has 0 saturated heterocycles. The van der Waals surface area contributed by atoms with Crippen LogP contribution in [0.2, 0.25) is 5.02 Å². The van der Waals surface area contributed by atoms with Crippen LogP contribution in [0.3, 0.4) is 0 Å². The number of aryl methyl sites for hydroxylation is 3. The third-order valence-corrected chi connectivity index (χ3v) is 6.56. The normalized spacial score (nSPS) is 15.0. The molecule has 0 aliphatic carbocycles. The average Bonchev–Trinajstić information content (AvgIpc) is 2.81. The molecule has 6 heteroatoms. The third-order valence-electron chi connectivity index (χ3n) is 6.33. The molecule has 1 unspecified atom stereocenters. The monoisotopic (exact) mass is 477 g/mol. The van der Waals surface area contributed by atoms with Crippen molar-refractivity contribution >= 4 is 23.5 Å². The number of rotatable bonds is 7. The number of carboxylic acids is 1. The van der Waals surface area contributed by atoms with E-state index in [0.29, 0.717) is 35.7 Å². The summed E-state index contributed by atoms with van der Waals surface area (Å²) in [6, 6.07) is 19.1. The number of ether oxygens (including phenoxy) is 1. The van der Waals surface area contributed by atoms with Gasteiger partial charge >= 0.3 is 5.97 Å². The maximum atomic E-state index is 13.6. The van der Waals surface area contributed by atoms with Crippen LogP contribution in [-0.2, 0) is 22.4 Å². The summed E-state index contributed by atoms with van der Waals surface area (Å²) in [4.78, 5) is 26.6. The molecule has 176 valence electrons.